The van der Waals surface area contributed by atoms with E-state index in [4.69, 9.17) is 5.14 Å². The number of hydrogen-bond acceptors (Lipinski definition) is 5. The Bertz CT molecular complexity index is 1280. The van der Waals surface area contributed by atoms with E-state index in [1.807, 2.05) is 35.2 Å². The van der Waals surface area contributed by atoms with Crippen LogP contribution >= 0.6 is 0 Å². The maximum atomic E-state index is 13.4. The summed E-state index contributed by atoms with van der Waals surface area (Å²) in [5.74, 6) is 0.649. The first kappa shape index (κ1) is 22.7. The van der Waals surface area contributed by atoms with Gasteiger partial charge in [-0.05, 0) is 54.5 Å². The fourth-order valence-electron chi connectivity index (χ4n) is 5.27. The van der Waals surface area contributed by atoms with Crippen molar-refractivity contribution in [1.29, 1.82) is 0 Å². The number of primary sulfonamides is 1. The molecule has 2 fully saturated rings. The molecule has 1 amide bonds. The number of aromatic nitrogens is 3. The average Bonchev–Trinajstić information content (AvgIpc) is 3.44. The molecule has 0 unspecified atom stereocenters. The quantitative estimate of drug-likeness (QED) is 0.604. The number of carbonyl (C=O) groups excluding carboxylic acids is 1. The van der Waals surface area contributed by atoms with Crippen LogP contribution < -0.4 is 5.14 Å². The van der Waals surface area contributed by atoms with Crippen LogP contribution in [0.4, 0.5) is 0 Å². The van der Waals surface area contributed by atoms with E-state index in [0.717, 1.165) is 25.1 Å². The van der Waals surface area contributed by atoms with Crippen LogP contribution in [-0.4, -0.2) is 47.1 Å². The number of likely N-dealkylation sites (tertiary alicyclic amines) is 1. The maximum Gasteiger partial charge on any atom is 0.293 e. The van der Waals surface area contributed by atoms with Gasteiger partial charge in [-0.3, -0.25) is 4.79 Å². The zero-order chi connectivity index (χ0) is 23.8. The summed E-state index contributed by atoms with van der Waals surface area (Å²) in [6, 6.07) is 16.0. The number of nitrogens with zero attached hydrogens (tertiary/aromatic N) is 4. The number of amides is 1. The molecule has 34 heavy (non-hydrogen) atoms. The fraction of sp³-hybridized carbons (Fsp3) is 0.400. The van der Waals surface area contributed by atoms with Gasteiger partial charge in [0.05, 0.1) is 10.6 Å². The highest BCUT2D eigenvalue weighted by Gasteiger charge is 2.41. The normalized spacial score (nSPS) is 17.9. The van der Waals surface area contributed by atoms with Crippen molar-refractivity contribution in [3.63, 3.8) is 0 Å². The van der Waals surface area contributed by atoms with Crippen LogP contribution in [0.1, 0.15) is 60.5 Å². The Balaban J connectivity index is 1.46. The van der Waals surface area contributed by atoms with E-state index < -0.39 is 10.0 Å². The zero-order valence-corrected chi connectivity index (χ0v) is 19.9. The predicted octanol–water partition coefficient (Wildman–Crippen LogP) is 3.30. The highest BCUT2D eigenvalue weighted by atomic mass is 32.2. The molecule has 1 saturated carbocycles. The molecule has 2 heterocycles. The monoisotopic (exact) mass is 479 g/mol. The molecule has 1 saturated heterocycles. The van der Waals surface area contributed by atoms with Gasteiger partial charge in [-0.1, -0.05) is 49.6 Å². The molecular weight excluding hydrogens is 450 g/mol. The van der Waals surface area contributed by atoms with Gasteiger partial charge < -0.3 is 4.90 Å². The van der Waals surface area contributed by atoms with E-state index in [-0.39, 0.29) is 22.0 Å². The summed E-state index contributed by atoms with van der Waals surface area (Å²) in [6.07, 6.45) is 7.68. The highest BCUT2D eigenvalue weighted by Crippen LogP contribution is 2.43. The standard InChI is InChI=1S/C25H29N5O3S/c26-34(32,33)21-11-9-20(10-12-21)30-22(17-19-7-3-1-4-8-19)27-23(28-30)24(31)29-16-15-25(18-29)13-5-2-6-14-25/h1,3-4,7-12H,2,5-6,13-18H2,(H2,26,32,33). The van der Waals surface area contributed by atoms with Crippen molar-refractivity contribution < 1.29 is 13.2 Å². The summed E-state index contributed by atoms with van der Waals surface area (Å²) in [5, 5.41) is 9.82. The van der Waals surface area contributed by atoms with Crippen molar-refractivity contribution >= 4 is 15.9 Å². The molecule has 0 bridgehead atoms. The lowest BCUT2D eigenvalue weighted by Crippen LogP contribution is -2.33. The van der Waals surface area contributed by atoms with Crippen LogP contribution in [-0.2, 0) is 16.4 Å². The molecule has 0 radical (unpaired) electrons. The molecule has 5 rings (SSSR count). The molecule has 0 atom stereocenters. The largest absolute Gasteiger partial charge is 0.335 e. The second kappa shape index (κ2) is 8.96. The van der Waals surface area contributed by atoms with E-state index in [2.05, 4.69) is 10.1 Å². The molecular formula is C25H29N5O3S. The number of nitrogens with two attached hydrogens (primary N) is 1. The molecule has 1 spiro atoms. The van der Waals surface area contributed by atoms with Crippen molar-refractivity contribution in [2.75, 3.05) is 13.1 Å². The minimum absolute atomic E-state index is 0.0205. The smallest absolute Gasteiger partial charge is 0.293 e. The summed E-state index contributed by atoms with van der Waals surface area (Å²) in [7, 11) is -3.80. The first-order valence-corrected chi connectivity index (χ1v) is 13.3. The Morgan fingerprint density at radius 2 is 1.68 bits per heavy atom. The summed E-state index contributed by atoms with van der Waals surface area (Å²) < 4.78 is 24.9. The van der Waals surface area contributed by atoms with Crippen molar-refractivity contribution in [1.82, 2.24) is 19.7 Å². The van der Waals surface area contributed by atoms with Gasteiger partial charge in [0.2, 0.25) is 15.8 Å². The molecule has 9 heteroatoms. The van der Waals surface area contributed by atoms with Crippen molar-refractivity contribution in [2.24, 2.45) is 10.6 Å². The fourth-order valence-corrected chi connectivity index (χ4v) is 5.79. The molecule has 3 aromatic rings. The van der Waals surface area contributed by atoms with Gasteiger partial charge >= 0.3 is 0 Å². The van der Waals surface area contributed by atoms with E-state index in [0.29, 0.717) is 17.9 Å². The lowest BCUT2D eigenvalue weighted by Gasteiger charge is -2.33. The number of rotatable bonds is 5. The van der Waals surface area contributed by atoms with E-state index >= 15 is 0 Å². The third-order valence-corrected chi connectivity index (χ3v) is 8.05. The third-order valence-electron chi connectivity index (χ3n) is 7.12. The summed E-state index contributed by atoms with van der Waals surface area (Å²) in [6.45, 7) is 1.52. The molecule has 1 aliphatic heterocycles. The lowest BCUT2D eigenvalue weighted by atomic mass is 9.73. The van der Waals surface area contributed by atoms with Crippen molar-refractivity contribution in [3.05, 3.63) is 71.8 Å². The predicted molar refractivity (Wildman–Crippen MR) is 128 cm³/mol. The molecule has 1 aliphatic carbocycles. The SMILES string of the molecule is NS(=O)(=O)c1ccc(-n2nc(C(=O)N3CCC4(CCCCC4)C3)nc2Cc2ccccc2)cc1. The van der Waals surface area contributed by atoms with Gasteiger partial charge in [0.25, 0.3) is 5.91 Å². The zero-order valence-electron chi connectivity index (χ0n) is 19.1. The summed E-state index contributed by atoms with van der Waals surface area (Å²) in [5.41, 5.74) is 1.92. The van der Waals surface area contributed by atoms with Crippen molar-refractivity contribution in [3.8, 4) is 5.69 Å². The Labute approximate surface area is 199 Å². The second-order valence-corrected chi connectivity index (χ2v) is 11.1. The first-order chi connectivity index (χ1) is 16.3. The molecule has 178 valence electrons. The van der Waals surface area contributed by atoms with Gasteiger partial charge in [-0.15, -0.1) is 5.10 Å². The Hall–Kier alpha value is -3.04. The van der Waals surface area contributed by atoms with Gasteiger partial charge in [-0.25, -0.2) is 23.2 Å². The lowest BCUT2D eigenvalue weighted by molar-refractivity contribution is 0.0747. The molecule has 2 N–H and O–H groups in total. The Morgan fingerprint density at radius 1 is 0.971 bits per heavy atom. The summed E-state index contributed by atoms with van der Waals surface area (Å²) in [4.78, 5) is 20.0. The van der Waals surface area contributed by atoms with E-state index in [9.17, 15) is 13.2 Å². The second-order valence-electron chi connectivity index (χ2n) is 9.50. The maximum absolute atomic E-state index is 13.4. The van der Waals surface area contributed by atoms with Gasteiger partial charge in [0, 0.05) is 19.5 Å². The number of sulfonamides is 1. The van der Waals surface area contributed by atoms with Crippen LogP contribution in [0.5, 0.6) is 0 Å². The molecule has 2 aliphatic rings. The van der Waals surface area contributed by atoms with Crippen LogP contribution in [0.3, 0.4) is 0 Å². The van der Waals surface area contributed by atoms with E-state index in [1.165, 1.54) is 44.2 Å². The highest BCUT2D eigenvalue weighted by molar-refractivity contribution is 7.89. The van der Waals surface area contributed by atoms with Crippen LogP contribution in [0, 0.1) is 5.41 Å². The molecule has 1 aromatic heterocycles. The van der Waals surface area contributed by atoms with Gasteiger partial charge in [0.1, 0.15) is 5.82 Å². The molecule has 8 nitrogen and oxygen atoms in total. The topological polar surface area (TPSA) is 111 Å². The van der Waals surface area contributed by atoms with Crippen molar-refractivity contribution in [2.45, 2.75) is 49.8 Å². The number of carbonyl (C=O) groups is 1. The van der Waals surface area contributed by atoms with E-state index in [1.54, 1.807) is 16.8 Å². The summed E-state index contributed by atoms with van der Waals surface area (Å²) >= 11 is 0. The molecule has 2 aromatic carbocycles. The van der Waals surface area contributed by atoms with Crippen LogP contribution in [0.25, 0.3) is 5.69 Å². The minimum atomic E-state index is -3.80. The number of benzene rings is 2. The average molecular weight is 480 g/mol. The third kappa shape index (κ3) is 4.63. The first-order valence-electron chi connectivity index (χ1n) is 11.8. The Morgan fingerprint density at radius 3 is 2.35 bits per heavy atom. The van der Waals surface area contributed by atoms with Crippen LogP contribution in [0.15, 0.2) is 59.5 Å². The Kier molecular flexibility index (Phi) is 5.99. The minimum Gasteiger partial charge on any atom is -0.335 e. The van der Waals surface area contributed by atoms with Gasteiger partial charge in [-0.2, -0.15) is 0 Å². The van der Waals surface area contributed by atoms with Crippen LogP contribution in [0.2, 0.25) is 0 Å². The van der Waals surface area contributed by atoms with Gasteiger partial charge in [0.15, 0.2) is 0 Å². The number of hydrogen-bond donors (Lipinski definition) is 1.